The van der Waals surface area contributed by atoms with Gasteiger partial charge in [-0.25, -0.2) is 0 Å². The van der Waals surface area contributed by atoms with Gasteiger partial charge >= 0.3 is 0 Å². The Morgan fingerprint density at radius 1 is 1.14 bits per heavy atom. The maximum Gasteiger partial charge on any atom is 0.241 e. The molecule has 1 fully saturated rings. The number of ether oxygens (including phenoxy) is 1. The van der Waals surface area contributed by atoms with Crippen LogP contribution in [0.3, 0.4) is 0 Å². The molecule has 4 rings (SSSR count). The summed E-state index contributed by atoms with van der Waals surface area (Å²) in [6, 6.07) is 17.0. The van der Waals surface area contributed by atoms with E-state index in [0.29, 0.717) is 17.8 Å². The van der Waals surface area contributed by atoms with Crippen LogP contribution in [0.2, 0.25) is 0 Å². The highest BCUT2D eigenvalue weighted by molar-refractivity contribution is 8.00. The van der Waals surface area contributed by atoms with Crippen molar-refractivity contribution in [1.82, 2.24) is 4.90 Å². The molecule has 1 saturated carbocycles. The summed E-state index contributed by atoms with van der Waals surface area (Å²) in [6.45, 7) is 4.33. The number of para-hydroxylation sites is 1. The Kier molecular flexibility index (Phi) is 5.93. The zero-order chi connectivity index (χ0) is 19.5. The molecule has 148 valence electrons. The Morgan fingerprint density at radius 3 is 2.61 bits per heavy atom. The standard InChI is InChI=1S/C23H28N2O2S/c1-17-13-14-25(21-5-3-4-6-22(21)28-17)23(26)16-24(19-9-10-19)15-18-7-11-20(27-2)12-8-18/h3-8,11-12,17,19H,9-10,13-16H2,1-2H3. The summed E-state index contributed by atoms with van der Waals surface area (Å²) in [5.41, 5.74) is 2.29. The van der Waals surface area contributed by atoms with E-state index < -0.39 is 0 Å². The first-order valence-corrected chi connectivity index (χ1v) is 10.9. The number of fused-ring (bicyclic) bond motifs is 1. The number of methoxy groups -OCH3 is 1. The molecule has 1 heterocycles. The van der Waals surface area contributed by atoms with Crippen LogP contribution in [0.1, 0.15) is 31.7 Å². The topological polar surface area (TPSA) is 32.8 Å². The highest BCUT2D eigenvalue weighted by Gasteiger charge is 2.32. The van der Waals surface area contributed by atoms with E-state index in [1.54, 1.807) is 7.11 Å². The smallest absolute Gasteiger partial charge is 0.241 e. The number of carbonyl (C=O) groups excluding carboxylic acids is 1. The van der Waals surface area contributed by atoms with E-state index in [-0.39, 0.29) is 5.91 Å². The molecule has 0 radical (unpaired) electrons. The number of hydrogen-bond acceptors (Lipinski definition) is 4. The summed E-state index contributed by atoms with van der Waals surface area (Å²) in [5, 5.41) is 0.526. The van der Waals surface area contributed by atoms with Crippen LogP contribution in [0.5, 0.6) is 5.75 Å². The maximum absolute atomic E-state index is 13.3. The predicted molar refractivity (Wildman–Crippen MR) is 115 cm³/mol. The quantitative estimate of drug-likeness (QED) is 0.716. The summed E-state index contributed by atoms with van der Waals surface area (Å²) >= 11 is 1.88. The van der Waals surface area contributed by atoms with Gasteiger partial charge in [-0.05, 0) is 49.1 Å². The Morgan fingerprint density at radius 2 is 1.89 bits per heavy atom. The van der Waals surface area contributed by atoms with Crippen LogP contribution < -0.4 is 9.64 Å². The average Bonchev–Trinajstić information content (AvgIpc) is 3.55. The minimum absolute atomic E-state index is 0.211. The van der Waals surface area contributed by atoms with Gasteiger partial charge in [0.05, 0.1) is 19.3 Å². The number of carbonyl (C=O) groups is 1. The summed E-state index contributed by atoms with van der Waals surface area (Å²) in [7, 11) is 1.68. The number of nitrogens with zero attached hydrogens (tertiary/aromatic N) is 2. The van der Waals surface area contributed by atoms with Gasteiger partial charge in [0.2, 0.25) is 5.91 Å². The molecule has 0 aromatic heterocycles. The summed E-state index contributed by atoms with van der Waals surface area (Å²) in [6.07, 6.45) is 3.40. The summed E-state index contributed by atoms with van der Waals surface area (Å²) in [5.74, 6) is 1.08. The molecular weight excluding hydrogens is 368 g/mol. The van der Waals surface area contributed by atoms with Crippen molar-refractivity contribution in [3.05, 3.63) is 54.1 Å². The highest BCUT2D eigenvalue weighted by atomic mass is 32.2. The van der Waals surface area contributed by atoms with Crippen LogP contribution in [0.15, 0.2) is 53.4 Å². The normalized spacial score (nSPS) is 19.2. The lowest BCUT2D eigenvalue weighted by Crippen LogP contribution is -2.41. The van der Waals surface area contributed by atoms with Gasteiger partial charge in [-0.2, -0.15) is 0 Å². The lowest BCUT2D eigenvalue weighted by atomic mass is 10.2. The van der Waals surface area contributed by atoms with Gasteiger partial charge in [0.15, 0.2) is 0 Å². The van der Waals surface area contributed by atoms with Crippen molar-refractivity contribution in [2.24, 2.45) is 0 Å². The third-order valence-electron chi connectivity index (χ3n) is 5.49. The molecule has 0 N–H and O–H groups in total. The fourth-order valence-electron chi connectivity index (χ4n) is 3.72. The van der Waals surface area contributed by atoms with Crippen LogP contribution in [-0.2, 0) is 11.3 Å². The monoisotopic (exact) mass is 396 g/mol. The molecule has 2 aromatic carbocycles. The molecule has 2 aliphatic rings. The van der Waals surface area contributed by atoms with Crippen LogP contribution in [0.4, 0.5) is 5.69 Å². The number of thioether (sulfide) groups is 1. The molecule has 28 heavy (non-hydrogen) atoms. The van der Waals surface area contributed by atoms with Crippen molar-refractivity contribution in [3.8, 4) is 5.75 Å². The molecule has 1 atom stereocenters. The molecule has 2 aromatic rings. The number of amides is 1. The van der Waals surface area contributed by atoms with E-state index in [1.165, 1.54) is 23.3 Å². The average molecular weight is 397 g/mol. The Bertz CT molecular complexity index is 820. The van der Waals surface area contributed by atoms with Crippen molar-refractivity contribution in [3.63, 3.8) is 0 Å². The van der Waals surface area contributed by atoms with Crippen LogP contribution in [0, 0.1) is 0 Å². The minimum Gasteiger partial charge on any atom is -0.497 e. The van der Waals surface area contributed by atoms with Gasteiger partial charge in [0.25, 0.3) is 0 Å². The molecule has 0 saturated heterocycles. The van der Waals surface area contributed by atoms with Gasteiger partial charge in [0.1, 0.15) is 5.75 Å². The van der Waals surface area contributed by atoms with Crippen molar-refractivity contribution >= 4 is 23.4 Å². The zero-order valence-electron chi connectivity index (χ0n) is 16.6. The first-order chi connectivity index (χ1) is 13.6. The molecule has 0 spiro atoms. The third kappa shape index (κ3) is 4.53. The minimum atomic E-state index is 0.211. The van der Waals surface area contributed by atoms with E-state index in [2.05, 4.69) is 42.2 Å². The number of hydrogen-bond donors (Lipinski definition) is 0. The molecule has 1 amide bonds. The van der Waals surface area contributed by atoms with Crippen molar-refractivity contribution < 1.29 is 9.53 Å². The van der Waals surface area contributed by atoms with E-state index >= 15 is 0 Å². The van der Waals surface area contributed by atoms with Crippen LogP contribution in [0.25, 0.3) is 0 Å². The molecule has 4 nitrogen and oxygen atoms in total. The highest BCUT2D eigenvalue weighted by Crippen LogP contribution is 2.37. The largest absolute Gasteiger partial charge is 0.497 e. The Labute approximate surface area is 171 Å². The van der Waals surface area contributed by atoms with Crippen molar-refractivity contribution in [2.45, 2.75) is 48.9 Å². The van der Waals surface area contributed by atoms with E-state index in [1.807, 2.05) is 34.9 Å². The third-order valence-corrected chi connectivity index (χ3v) is 6.73. The molecule has 1 aliphatic carbocycles. The lowest BCUT2D eigenvalue weighted by Gasteiger charge is -2.27. The SMILES string of the molecule is COc1ccc(CN(CC(=O)N2CCC(C)Sc3ccccc32)C2CC2)cc1. The molecular formula is C23H28N2O2S. The first kappa shape index (κ1) is 19.3. The van der Waals surface area contributed by atoms with Gasteiger partial charge in [0, 0.05) is 29.3 Å². The molecule has 1 unspecified atom stereocenters. The molecule has 1 aliphatic heterocycles. The van der Waals surface area contributed by atoms with Crippen LogP contribution in [-0.4, -0.2) is 42.3 Å². The first-order valence-electron chi connectivity index (χ1n) is 10.1. The lowest BCUT2D eigenvalue weighted by molar-refractivity contribution is -0.120. The number of rotatable bonds is 6. The van der Waals surface area contributed by atoms with Gasteiger partial charge < -0.3 is 9.64 Å². The Hall–Kier alpha value is -1.98. The second-order valence-electron chi connectivity index (χ2n) is 7.71. The van der Waals surface area contributed by atoms with Crippen molar-refractivity contribution in [1.29, 1.82) is 0 Å². The van der Waals surface area contributed by atoms with Gasteiger partial charge in [-0.3, -0.25) is 9.69 Å². The zero-order valence-corrected chi connectivity index (χ0v) is 17.5. The fraction of sp³-hybridized carbons (Fsp3) is 0.435. The van der Waals surface area contributed by atoms with Crippen LogP contribution >= 0.6 is 11.8 Å². The van der Waals surface area contributed by atoms with Gasteiger partial charge in [-0.15, -0.1) is 11.8 Å². The van der Waals surface area contributed by atoms with E-state index in [9.17, 15) is 4.79 Å². The van der Waals surface area contributed by atoms with E-state index in [4.69, 9.17) is 4.74 Å². The second-order valence-corrected chi connectivity index (χ2v) is 9.19. The molecule has 5 heteroatoms. The second kappa shape index (κ2) is 8.58. The summed E-state index contributed by atoms with van der Waals surface area (Å²) < 4.78 is 5.26. The van der Waals surface area contributed by atoms with Crippen molar-refractivity contribution in [2.75, 3.05) is 25.1 Å². The van der Waals surface area contributed by atoms with E-state index in [0.717, 1.165) is 30.9 Å². The molecule has 0 bridgehead atoms. The predicted octanol–water partition coefficient (Wildman–Crippen LogP) is 4.58. The number of benzene rings is 2. The van der Waals surface area contributed by atoms with Gasteiger partial charge in [-0.1, -0.05) is 31.2 Å². The Balaban J connectivity index is 1.49. The fourth-order valence-corrected chi connectivity index (χ4v) is 4.84. The number of anilines is 1. The maximum atomic E-state index is 13.3. The summed E-state index contributed by atoms with van der Waals surface area (Å²) in [4.78, 5) is 18.9.